The van der Waals surface area contributed by atoms with Crippen LogP contribution in [-0.4, -0.2) is 68.6 Å². The van der Waals surface area contributed by atoms with Gasteiger partial charge in [0.1, 0.15) is 11.8 Å². The van der Waals surface area contributed by atoms with E-state index in [2.05, 4.69) is 38.3 Å². The second-order valence-electron chi connectivity index (χ2n) is 13.6. The molecule has 2 bridgehead atoms. The van der Waals surface area contributed by atoms with Crippen molar-refractivity contribution in [1.82, 2.24) is 10.2 Å². The molecular formula is C31H47N3O5S. The van der Waals surface area contributed by atoms with Gasteiger partial charge in [0, 0.05) is 16.5 Å². The third-order valence-electron chi connectivity index (χ3n) is 8.68. The first-order valence-electron chi connectivity index (χ1n) is 14.7. The van der Waals surface area contributed by atoms with E-state index in [-0.39, 0.29) is 40.9 Å². The van der Waals surface area contributed by atoms with Crippen LogP contribution >= 0.6 is 11.8 Å². The molecule has 3 amide bonds. The molecule has 0 saturated carbocycles. The molecule has 0 aromatic heterocycles. The third-order valence-corrected chi connectivity index (χ3v) is 10.8. The van der Waals surface area contributed by atoms with E-state index in [9.17, 15) is 19.5 Å². The van der Waals surface area contributed by atoms with E-state index in [1.807, 2.05) is 39.8 Å². The molecule has 8 nitrogen and oxygen atoms in total. The number of likely N-dealkylation sites (tertiary alicyclic amines) is 1. The summed E-state index contributed by atoms with van der Waals surface area (Å²) < 4.78 is 4.78. The van der Waals surface area contributed by atoms with Gasteiger partial charge in [0.2, 0.25) is 17.7 Å². The van der Waals surface area contributed by atoms with E-state index in [1.165, 1.54) is 0 Å². The zero-order chi connectivity index (χ0) is 29.6. The van der Waals surface area contributed by atoms with E-state index in [0.717, 1.165) is 18.6 Å². The largest absolute Gasteiger partial charge is 0.494 e. The van der Waals surface area contributed by atoms with Crippen molar-refractivity contribution in [3.8, 4) is 5.75 Å². The smallest absolute Gasteiger partial charge is 0.244 e. The van der Waals surface area contributed by atoms with Crippen LogP contribution < -0.4 is 15.4 Å². The molecule has 7 atom stereocenters. The van der Waals surface area contributed by atoms with Gasteiger partial charge in [0.15, 0.2) is 0 Å². The summed E-state index contributed by atoms with van der Waals surface area (Å²) in [4.78, 5) is 44.0. The Labute approximate surface area is 243 Å². The average Bonchev–Trinajstić information content (AvgIpc) is 3.43. The molecule has 3 saturated heterocycles. The van der Waals surface area contributed by atoms with Crippen LogP contribution in [-0.2, 0) is 14.4 Å². The van der Waals surface area contributed by atoms with Crippen LogP contribution in [0.15, 0.2) is 24.3 Å². The van der Waals surface area contributed by atoms with Crippen LogP contribution in [0, 0.1) is 23.2 Å². The molecule has 0 aliphatic carbocycles. The monoisotopic (exact) mass is 573 g/mol. The normalized spacial score (nSPS) is 30.3. The van der Waals surface area contributed by atoms with Crippen molar-refractivity contribution in [2.45, 2.75) is 102 Å². The lowest BCUT2D eigenvalue weighted by molar-refractivity contribution is -0.142. The Balaban J connectivity index is 1.68. The van der Waals surface area contributed by atoms with Crippen molar-refractivity contribution in [1.29, 1.82) is 0 Å². The number of benzene rings is 1. The molecule has 3 fully saturated rings. The van der Waals surface area contributed by atoms with Crippen molar-refractivity contribution in [2.75, 3.05) is 18.5 Å². The number of aliphatic hydroxyl groups excluding tert-OH is 1. The summed E-state index contributed by atoms with van der Waals surface area (Å²) in [6.07, 6.45) is 2.04. The second-order valence-corrected chi connectivity index (χ2v) is 15.1. The number of amides is 3. The topological polar surface area (TPSA) is 108 Å². The van der Waals surface area contributed by atoms with Gasteiger partial charge < -0.3 is 25.4 Å². The first kappa shape index (κ1) is 30.7. The molecule has 222 valence electrons. The van der Waals surface area contributed by atoms with Crippen molar-refractivity contribution in [3.05, 3.63) is 24.3 Å². The zero-order valence-electron chi connectivity index (χ0n) is 25.2. The molecule has 0 radical (unpaired) electrons. The average molecular weight is 574 g/mol. The number of rotatable bonds is 10. The molecule has 9 heteroatoms. The Morgan fingerprint density at radius 2 is 1.80 bits per heavy atom. The summed E-state index contributed by atoms with van der Waals surface area (Å²) in [5.41, 5.74) is 0.150. The quantitative estimate of drug-likeness (QED) is 0.381. The highest BCUT2D eigenvalue weighted by molar-refractivity contribution is 8.02. The third kappa shape index (κ3) is 5.48. The molecule has 4 rings (SSSR count). The Hall–Kier alpha value is -2.26. The molecule has 3 unspecified atom stereocenters. The molecule has 40 heavy (non-hydrogen) atoms. The number of hydrogen-bond donors (Lipinski definition) is 3. The van der Waals surface area contributed by atoms with Gasteiger partial charge in [-0.05, 0) is 75.6 Å². The molecule has 3 N–H and O–H groups in total. The van der Waals surface area contributed by atoms with E-state index in [4.69, 9.17) is 4.74 Å². The number of anilines is 1. The fraction of sp³-hybridized carbons (Fsp3) is 0.710. The highest BCUT2D eigenvalue weighted by Gasteiger charge is 2.76. The van der Waals surface area contributed by atoms with Gasteiger partial charge in [-0.25, -0.2) is 0 Å². The van der Waals surface area contributed by atoms with Crippen molar-refractivity contribution < 1.29 is 24.2 Å². The summed E-state index contributed by atoms with van der Waals surface area (Å²) >= 11 is 1.65. The Bertz CT molecular complexity index is 1110. The molecule has 3 aliphatic rings. The summed E-state index contributed by atoms with van der Waals surface area (Å²) in [5, 5.41) is 16.6. The fourth-order valence-corrected chi connectivity index (χ4v) is 10.1. The predicted octanol–water partition coefficient (Wildman–Crippen LogP) is 4.46. The van der Waals surface area contributed by atoms with E-state index < -0.39 is 34.2 Å². The number of aliphatic hydroxyl groups is 1. The molecule has 1 spiro atoms. The van der Waals surface area contributed by atoms with Crippen LogP contribution in [0.3, 0.4) is 0 Å². The lowest BCUT2D eigenvalue weighted by Gasteiger charge is -2.42. The van der Waals surface area contributed by atoms with Crippen molar-refractivity contribution >= 4 is 35.2 Å². The molecular weight excluding hydrogens is 526 g/mol. The summed E-state index contributed by atoms with van der Waals surface area (Å²) in [5.74, 6) is -0.972. The second kappa shape index (κ2) is 11.2. The minimum Gasteiger partial charge on any atom is -0.494 e. The molecule has 1 aromatic carbocycles. The SMILES string of the molecule is CCOc1ccc(NC(=O)[C@@H]2[C@@H]3CC(C)C4(S3)C(C(=O)NC(C)(C)CC(C)(C)C)N([C@@H](CC)CO)C(=O)[C@H]24)cc1. The highest BCUT2D eigenvalue weighted by Crippen LogP contribution is 2.69. The van der Waals surface area contributed by atoms with Gasteiger partial charge in [0.25, 0.3) is 0 Å². The maximum absolute atomic E-state index is 14.3. The predicted molar refractivity (Wildman–Crippen MR) is 159 cm³/mol. The van der Waals surface area contributed by atoms with Crippen molar-refractivity contribution in [3.63, 3.8) is 0 Å². The van der Waals surface area contributed by atoms with E-state index in [0.29, 0.717) is 18.7 Å². The van der Waals surface area contributed by atoms with E-state index in [1.54, 1.807) is 28.8 Å². The van der Waals surface area contributed by atoms with Crippen LogP contribution in [0.2, 0.25) is 0 Å². The van der Waals surface area contributed by atoms with Crippen molar-refractivity contribution in [2.24, 2.45) is 23.2 Å². The van der Waals surface area contributed by atoms with Crippen LogP contribution in [0.1, 0.15) is 74.7 Å². The van der Waals surface area contributed by atoms with Gasteiger partial charge in [-0.2, -0.15) is 0 Å². The van der Waals surface area contributed by atoms with Gasteiger partial charge in [-0.1, -0.05) is 34.6 Å². The number of carbonyl (C=O) groups is 3. The van der Waals surface area contributed by atoms with Crippen LogP contribution in [0.5, 0.6) is 5.75 Å². The van der Waals surface area contributed by atoms with Gasteiger partial charge in [0.05, 0.1) is 35.8 Å². The minimum atomic E-state index is -0.755. The van der Waals surface area contributed by atoms with Crippen LogP contribution in [0.25, 0.3) is 0 Å². The first-order chi connectivity index (χ1) is 18.7. The highest BCUT2D eigenvalue weighted by atomic mass is 32.2. The summed E-state index contributed by atoms with van der Waals surface area (Å²) in [6.45, 7) is 16.7. The van der Waals surface area contributed by atoms with Gasteiger partial charge in [-0.15, -0.1) is 11.8 Å². The van der Waals surface area contributed by atoms with E-state index >= 15 is 0 Å². The first-order valence-corrected chi connectivity index (χ1v) is 15.5. The Kier molecular flexibility index (Phi) is 8.59. The minimum absolute atomic E-state index is 0.00224. The van der Waals surface area contributed by atoms with Crippen LogP contribution in [0.4, 0.5) is 5.69 Å². The maximum atomic E-state index is 14.3. The fourth-order valence-electron chi connectivity index (χ4n) is 7.66. The molecule has 3 heterocycles. The molecule has 3 aliphatic heterocycles. The number of carbonyl (C=O) groups excluding carboxylic acids is 3. The number of ether oxygens (including phenoxy) is 1. The number of nitrogens with one attached hydrogen (secondary N) is 2. The zero-order valence-corrected chi connectivity index (χ0v) is 26.1. The number of hydrogen-bond acceptors (Lipinski definition) is 6. The van der Waals surface area contributed by atoms with Gasteiger partial charge in [-0.3, -0.25) is 14.4 Å². The standard InChI is InChI=1S/C31H47N3O5S/c1-9-20(16-35)34-25(27(37)33-30(7,8)17-29(4,5)6)31-18(3)15-22(40-31)23(24(31)28(34)38)26(36)32-19-11-13-21(14-12-19)39-10-2/h11-14,18,20,22-25,35H,9-10,15-17H2,1-8H3,(H,32,36)(H,33,37)/t18?,20-,22-,23+,24-,25?,31?/m0/s1. The van der Waals surface area contributed by atoms with Gasteiger partial charge >= 0.3 is 0 Å². The summed E-state index contributed by atoms with van der Waals surface area (Å²) in [7, 11) is 0. The molecule has 1 aromatic rings. The maximum Gasteiger partial charge on any atom is 0.244 e. The lowest BCUT2D eigenvalue weighted by atomic mass is 9.65. The lowest BCUT2D eigenvalue weighted by Crippen LogP contribution is -2.61. The summed E-state index contributed by atoms with van der Waals surface area (Å²) in [6, 6.07) is 5.99. The number of fused-ring (bicyclic) bond motifs is 1. The Morgan fingerprint density at radius 1 is 1.15 bits per heavy atom. The number of thioether (sulfide) groups is 1. The Morgan fingerprint density at radius 3 is 2.35 bits per heavy atom. The number of nitrogens with zero attached hydrogens (tertiary/aromatic N) is 1.